The molecule has 0 aliphatic carbocycles. The van der Waals surface area contributed by atoms with Gasteiger partial charge in [-0.3, -0.25) is 14.9 Å². The first kappa shape index (κ1) is 16.8. The zero-order chi connectivity index (χ0) is 17.2. The highest BCUT2D eigenvalue weighted by molar-refractivity contribution is 6.32. The zero-order valence-electron chi connectivity index (χ0n) is 11.2. The molecule has 0 heterocycles. The van der Waals surface area contributed by atoms with Crippen LogP contribution in [0.2, 0.25) is 5.02 Å². The van der Waals surface area contributed by atoms with Crippen LogP contribution in [0.25, 0.3) is 0 Å². The Hall–Kier alpha value is -2.61. The molecule has 0 fully saturated rings. The van der Waals surface area contributed by atoms with Gasteiger partial charge in [0.25, 0.3) is 11.6 Å². The van der Waals surface area contributed by atoms with Gasteiger partial charge in [0, 0.05) is 17.3 Å². The molecule has 1 N–H and O–H groups in total. The van der Waals surface area contributed by atoms with E-state index in [1.165, 1.54) is 12.1 Å². The maximum absolute atomic E-state index is 12.4. The number of nitro benzene ring substituents is 1. The minimum absolute atomic E-state index is 0.0407. The summed E-state index contributed by atoms with van der Waals surface area (Å²) < 4.78 is 37.3. The summed E-state index contributed by atoms with van der Waals surface area (Å²) in [4.78, 5) is 22.0. The van der Waals surface area contributed by atoms with Crippen molar-refractivity contribution in [2.45, 2.75) is 6.18 Å². The predicted molar refractivity (Wildman–Crippen MR) is 77.5 cm³/mol. The summed E-state index contributed by atoms with van der Waals surface area (Å²) in [6.07, 6.45) is -4.47. The van der Waals surface area contributed by atoms with Crippen molar-refractivity contribution in [2.24, 2.45) is 0 Å². The summed E-state index contributed by atoms with van der Waals surface area (Å²) in [7, 11) is 0. The van der Waals surface area contributed by atoms with Crippen LogP contribution in [0.15, 0.2) is 42.5 Å². The molecule has 9 heteroatoms. The summed E-state index contributed by atoms with van der Waals surface area (Å²) in [5.41, 5.74) is -1.20. The van der Waals surface area contributed by atoms with Crippen molar-refractivity contribution in [3.8, 4) is 0 Å². The Morgan fingerprint density at radius 3 is 2.26 bits per heavy atom. The van der Waals surface area contributed by atoms with Gasteiger partial charge in [0.15, 0.2) is 0 Å². The Morgan fingerprint density at radius 1 is 1.13 bits per heavy atom. The van der Waals surface area contributed by atoms with Crippen molar-refractivity contribution < 1.29 is 22.9 Å². The number of hydrogen-bond acceptors (Lipinski definition) is 3. The molecule has 0 atom stereocenters. The molecule has 5 nitrogen and oxygen atoms in total. The lowest BCUT2D eigenvalue weighted by Gasteiger charge is -2.09. The average Bonchev–Trinajstić information content (AvgIpc) is 2.47. The van der Waals surface area contributed by atoms with Crippen molar-refractivity contribution in [3.05, 3.63) is 68.7 Å². The Kier molecular flexibility index (Phi) is 4.55. The van der Waals surface area contributed by atoms with E-state index in [-0.39, 0.29) is 16.3 Å². The van der Waals surface area contributed by atoms with Gasteiger partial charge in [-0.25, -0.2) is 0 Å². The fraction of sp³-hybridized carbons (Fsp3) is 0.0714. The fourth-order valence-corrected chi connectivity index (χ4v) is 1.93. The summed E-state index contributed by atoms with van der Waals surface area (Å²) in [6, 6.07) is 7.27. The third-order valence-electron chi connectivity index (χ3n) is 2.88. The number of rotatable bonds is 3. The summed E-state index contributed by atoms with van der Waals surface area (Å²) in [6.45, 7) is 0. The molecule has 2 aromatic carbocycles. The van der Waals surface area contributed by atoms with E-state index < -0.39 is 28.3 Å². The van der Waals surface area contributed by atoms with Crippen LogP contribution in [0.5, 0.6) is 0 Å². The van der Waals surface area contributed by atoms with E-state index in [1.807, 2.05) is 0 Å². The van der Waals surface area contributed by atoms with Crippen molar-refractivity contribution in [1.82, 2.24) is 0 Å². The Morgan fingerprint density at radius 2 is 1.74 bits per heavy atom. The molecule has 2 aromatic rings. The molecule has 0 aliphatic rings. The molecule has 120 valence electrons. The SMILES string of the molecule is O=C(Nc1ccc(C(F)(F)F)cc1)c1ccc(Cl)c([N+](=O)[O-])c1. The highest BCUT2D eigenvalue weighted by Gasteiger charge is 2.30. The van der Waals surface area contributed by atoms with E-state index in [2.05, 4.69) is 5.32 Å². The molecule has 0 bridgehead atoms. The lowest BCUT2D eigenvalue weighted by atomic mass is 10.1. The van der Waals surface area contributed by atoms with Crippen LogP contribution in [0.3, 0.4) is 0 Å². The largest absolute Gasteiger partial charge is 0.416 e. The first-order chi connectivity index (χ1) is 10.7. The molecular weight excluding hydrogens is 337 g/mol. The molecule has 0 aliphatic heterocycles. The molecule has 1 amide bonds. The topological polar surface area (TPSA) is 72.2 Å². The third-order valence-corrected chi connectivity index (χ3v) is 3.19. The lowest BCUT2D eigenvalue weighted by molar-refractivity contribution is -0.384. The molecule has 0 radical (unpaired) electrons. The smallest absolute Gasteiger partial charge is 0.322 e. The van der Waals surface area contributed by atoms with Crippen molar-refractivity contribution in [1.29, 1.82) is 0 Å². The first-order valence-corrected chi connectivity index (χ1v) is 6.49. The van der Waals surface area contributed by atoms with Crippen LogP contribution in [-0.4, -0.2) is 10.8 Å². The van der Waals surface area contributed by atoms with E-state index in [0.717, 1.165) is 30.3 Å². The minimum Gasteiger partial charge on any atom is -0.322 e. The summed E-state index contributed by atoms with van der Waals surface area (Å²) >= 11 is 5.64. The van der Waals surface area contributed by atoms with Gasteiger partial charge in [-0.05, 0) is 36.4 Å². The molecular formula is C14H8ClF3N2O3. The van der Waals surface area contributed by atoms with Gasteiger partial charge >= 0.3 is 6.18 Å². The molecule has 23 heavy (non-hydrogen) atoms. The molecule has 0 saturated heterocycles. The number of anilines is 1. The predicted octanol–water partition coefficient (Wildman–Crippen LogP) is 4.52. The number of nitrogens with zero attached hydrogens (tertiary/aromatic N) is 1. The Bertz CT molecular complexity index is 761. The van der Waals surface area contributed by atoms with Gasteiger partial charge in [0.1, 0.15) is 5.02 Å². The number of benzene rings is 2. The van der Waals surface area contributed by atoms with Gasteiger partial charge < -0.3 is 5.32 Å². The number of amides is 1. The van der Waals surface area contributed by atoms with Gasteiger partial charge in [-0.1, -0.05) is 11.6 Å². The average molecular weight is 345 g/mol. The van der Waals surface area contributed by atoms with E-state index in [9.17, 15) is 28.1 Å². The molecule has 0 saturated carbocycles. The van der Waals surface area contributed by atoms with Crippen LogP contribution in [0, 0.1) is 10.1 Å². The lowest BCUT2D eigenvalue weighted by Crippen LogP contribution is -2.12. The van der Waals surface area contributed by atoms with Crippen molar-refractivity contribution in [3.63, 3.8) is 0 Å². The number of alkyl halides is 3. The quantitative estimate of drug-likeness (QED) is 0.657. The number of nitrogens with one attached hydrogen (secondary N) is 1. The van der Waals surface area contributed by atoms with Gasteiger partial charge in [0.05, 0.1) is 10.5 Å². The Balaban J connectivity index is 2.19. The fourth-order valence-electron chi connectivity index (χ4n) is 1.74. The number of carbonyl (C=O) groups is 1. The van der Waals surface area contributed by atoms with Gasteiger partial charge in [-0.15, -0.1) is 0 Å². The number of hydrogen-bond donors (Lipinski definition) is 1. The summed E-state index contributed by atoms with van der Waals surface area (Å²) in [5, 5.41) is 13.0. The Labute approximate surface area is 132 Å². The standard InChI is InChI=1S/C14H8ClF3N2O3/c15-11-6-1-8(7-12(11)20(22)23)13(21)19-10-4-2-9(3-5-10)14(16,17)18/h1-7H,(H,19,21). The van der Waals surface area contributed by atoms with Gasteiger partial charge in [0.2, 0.25) is 0 Å². The maximum Gasteiger partial charge on any atom is 0.416 e. The van der Waals surface area contributed by atoms with Gasteiger partial charge in [-0.2, -0.15) is 13.2 Å². The van der Waals surface area contributed by atoms with Crippen LogP contribution < -0.4 is 5.32 Å². The zero-order valence-corrected chi connectivity index (χ0v) is 12.0. The van der Waals surface area contributed by atoms with Crippen LogP contribution in [0.4, 0.5) is 24.5 Å². The molecule has 2 rings (SSSR count). The number of nitro groups is 1. The van der Waals surface area contributed by atoms with E-state index >= 15 is 0 Å². The number of halogens is 4. The molecule has 0 aromatic heterocycles. The first-order valence-electron chi connectivity index (χ1n) is 6.11. The normalized spacial score (nSPS) is 11.1. The number of carbonyl (C=O) groups excluding carboxylic acids is 1. The minimum atomic E-state index is -4.47. The maximum atomic E-state index is 12.4. The van der Waals surface area contributed by atoms with E-state index in [0.29, 0.717) is 0 Å². The van der Waals surface area contributed by atoms with Crippen LogP contribution >= 0.6 is 11.6 Å². The van der Waals surface area contributed by atoms with Crippen molar-refractivity contribution in [2.75, 3.05) is 5.32 Å². The second-order valence-corrected chi connectivity index (χ2v) is 4.86. The highest BCUT2D eigenvalue weighted by atomic mass is 35.5. The summed E-state index contributed by atoms with van der Waals surface area (Å²) in [5.74, 6) is -0.704. The van der Waals surface area contributed by atoms with Crippen molar-refractivity contribution >= 4 is 28.9 Å². The van der Waals surface area contributed by atoms with Crippen LogP contribution in [-0.2, 0) is 6.18 Å². The second kappa shape index (κ2) is 6.25. The molecule has 0 spiro atoms. The van der Waals surface area contributed by atoms with E-state index in [4.69, 9.17) is 11.6 Å². The second-order valence-electron chi connectivity index (χ2n) is 4.45. The third kappa shape index (κ3) is 3.98. The van der Waals surface area contributed by atoms with Crippen LogP contribution in [0.1, 0.15) is 15.9 Å². The monoisotopic (exact) mass is 344 g/mol. The van der Waals surface area contributed by atoms with E-state index in [1.54, 1.807) is 0 Å². The molecule has 0 unspecified atom stereocenters. The highest BCUT2D eigenvalue weighted by Crippen LogP contribution is 2.30.